The van der Waals surface area contributed by atoms with Gasteiger partial charge in [0, 0.05) is 22.8 Å². The van der Waals surface area contributed by atoms with E-state index in [0.29, 0.717) is 5.56 Å². The summed E-state index contributed by atoms with van der Waals surface area (Å²) in [5.74, 6) is 0.0490. The first-order chi connectivity index (χ1) is 12.8. The fourth-order valence-electron chi connectivity index (χ4n) is 4.22. The second kappa shape index (κ2) is 6.95. The molecule has 144 valence electrons. The molecule has 0 spiro atoms. The van der Waals surface area contributed by atoms with E-state index in [9.17, 15) is 9.90 Å². The van der Waals surface area contributed by atoms with Crippen LogP contribution in [0, 0.1) is 5.41 Å². The van der Waals surface area contributed by atoms with E-state index >= 15 is 0 Å². The van der Waals surface area contributed by atoms with Gasteiger partial charge >= 0.3 is 5.97 Å². The number of thiophene rings is 1. The number of fused-ring (bicyclic) bond motifs is 1. The maximum absolute atomic E-state index is 12.0. The molecule has 2 heterocycles. The van der Waals surface area contributed by atoms with E-state index in [1.807, 2.05) is 24.3 Å². The van der Waals surface area contributed by atoms with Crippen molar-refractivity contribution in [2.75, 3.05) is 20.1 Å². The molecule has 1 N–H and O–H groups in total. The highest BCUT2D eigenvalue weighted by Gasteiger charge is 2.33. The third kappa shape index (κ3) is 3.76. The number of ether oxygens (including phenoxy) is 1. The molecule has 0 amide bonds. The van der Waals surface area contributed by atoms with Gasteiger partial charge in [0.2, 0.25) is 0 Å². The SMILES string of the molecule is CN1CC[C@@H](Oc2ccc(-c3sc4c(c3C(=O)O)CC(C)(C)CC4)cc2)C1. The van der Waals surface area contributed by atoms with E-state index in [1.165, 1.54) is 4.88 Å². The summed E-state index contributed by atoms with van der Waals surface area (Å²) >= 11 is 1.65. The van der Waals surface area contributed by atoms with Crippen molar-refractivity contribution in [3.8, 4) is 16.2 Å². The lowest BCUT2D eigenvalue weighted by Crippen LogP contribution is -2.22. The van der Waals surface area contributed by atoms with E-state index in [4.69, 9.17) is 4.74 Å². The molecule has 4 nitrogen and oxygen atoms in total. The van der Waals surface area contributed by atoms with E-state index in [-0.39, 0.29) is 11.5 Å². The van der Waals surface area contributed by atoms with Gasteiger partial charge in [-0.05, 0) is 73.5 Å². The highest BCUT2D eigenvalue weighted by molar-refractivity contribution is 7.16. The Kier molecular flexibility index (Phi) is 4.77. The molecule has 2 aromatic rings. The lowest BCUT2D eigenvalue weighted by molar-refractivity contribution is 0.0696. The number of nitrogens with zero attached hydrogens (tertiary/aromatic N) is 1. The molecule has 1 aromatic carbocycles. The summed E-state index contributed by atoms with van der Waals surface area (Å²) in [6.07, 6.45) is 4.23. The van der Waals surface area contributed by atoms with Crippen molar-refractivity contribution in [2.45, 2.75) is 45.6 Å². The van der Waals surface area contributed by atoms with Gasteiger partial charge in [-0.1, -0.05) is 13.8 Å². The molecule has 1 saturated heterocycles. The molecular formula is C22H27NO3S. The van der Waals surface area contributed by atoms with Crippen molar-refractivity contribution in [3.63, 3.8) is 0 Å². The van der Waals surface area contributed by atoms with Gasteiger partial charge < -0.3 is 14.7 Å². The summed E-state index contributed by atoms with van der Waals surface area (Å²) in [6.45, 7) is 6.48. The zero-order valence-electron chi connectivity index (χ0n) is 16.2. The second-order valence-electron chi connectivity index (χ2n) is 8.67. The zero-order valence-corrected chi connectivity index (χ0v) is 17.1. The van der Waals surface area contributed by atoms with Crippen molar-refractivity contribution < 1.29 is 14.6 Å². The molecule has 1 aliphatic heterocycles. The molecule has 1 fully saturated rings. The smallest absolute Gasteiger partial charge is 0.337 e. The second-order valence-corrected chi connectivity index (χ2v) is 9.77. The van der Waals surface area contributed by atoms with Gasteiger partial charge in [0.15, 0.2) is 0 Å². The molecule has 1 aliphatic carbocycles. The van der Waals surface area contributed by atoms with E-state index in [0.717, 1.165) is 60.5 Å². The van der Waals surface area contributed by atoms with Crippen molar-refractivity contribution in [1.29, 1.82) is 0 Å². The average Bonchev–Trinajstić information content (AvgIpc) is 3.17. The highest BCUT2D eigenvalue weighted by atomic mass is 32.1. The molecule has 0 bridgehead atoms. The van der Waals surface area contributed by atoms with Gasteiger partial charge in [-0.25, -0.2) is 4.79 Å². The molecule has 5 heteroatoms. The minimum absolute atomic E-state index is 0.168. The number of aryl methyl sites for hydroxylation is 1. The number of carboxylic acid groups (broad SMARTS) is 1. The molecule has 1 aromatic heterocycles. The number of rotatable bonds is 4. The van der Waals surface area contributed by atoms with Crippen LogP contribution in [0.4, 0.5) is 0 Å². The topological polar surface area (TPSA) is 49.8 Å². The van der Waals surface area contributed by atoms with Gasteiger partial charge in [0.1, 0.15) is 11.9 Å². The number of likely N-dealkylation sites (N-methyl/N-ethyl adjacent to an activating group) is 1. The van der Waals surface area contributed by atoms with Crippen LogP contribution in [0.5, 0.6) is 5.75 Å². The fourth-order valence-corrected chi connectivity index (χ4v) is 5.53. The first-order valence-corrected chi connectivity index (χ1v) is 10.5. The van der Waals surface area contributed by atoms with E-state index in [1.54, 1.807) is 11.3 Å². The Bertz CT molecular complexity index is 853. The maximum Gasteiger partial charge on any atom is 0.337 e. The summed E-state index contributed by atoms with van der Waals surface area (Å²) in [5.41, 5.74) is 2.70. The first-order valence-electron chi connectivity index (χ1n) is 9.66. The predicted octanol–water partition coefficient (Wildman–Crippen LogP) is 4.71. The highest BCUT2D eigenvalue weighted by Crippen LogP contribution is 2.45. The zero-order chi connectivity index (χ0) is 19.2. The molecule has 27 heavy (non-hydrogen) atoms. The largest absolute Gasteiger partial charge is 0.489 e. The molecule has 1 atom stereocenters. The first kappa shape index (κ1) is 18.5. The third-order valence-corrected chi connectivity index (χ3v) is 7.10. The number of benzene rings is 1. The van der Waals surface area contributed by atoms with Gasteiger partial charge in [0.25, 0.3) is 0 Å². The number of carbonyl (C=O) groups is 1. The molecule has 0 unspecified atom stereocenters. The number of likely N-dealkylation sites (tertiary alicyclic amines) is 1. The Balaban J connectivity index is 1.62. The standard InChI is InChI=1S/C22H27NO3S/c1-22(2)10-8-18-17(12-22)19(21(24)25)20(27-18)14-4-6-15(7-5-14)26-16-9-11-23(3)13-16/h4-7,16H,8-13H2,1-3H3,(H,24,25)/t16-/m1/s1. The molecule has 2 aliphatic rings. The van der Waals surface area contributed by atoms with Crippen LogP contribution in [0.2, 0.25) is 0 Å². The lowest BCUT2D eigenvalue weighted by atomic mass is 9.76. The number of aromatic carboxylic acids is 1. The van der Waals surface area contributed by atoms with E-state index in [2.05, 4.69) is 25.8 Å². The van der Waals surface area contributed by atoms with Crippen molar-refractivity contribution in [1.82, 2.24) is 4.90 Å². The Morgan fingerprint density at radius 2 is 2.04 bits per heavy atom. The number of carboxylic acids is 1. The Hall–Kier alpha value is -1.85. The summed E-state index contributed by atoms with van der Waals surface area (Å²) in [5, 5.41) is 9.89. The van der Waals surface area contributed by atoms with Crippen molar-refractivity contribution in [3.05, 3.63) is 40.3 Å². The molecular weight excluding hydrogens is 358 g/mol. The lowest BCUT2D eigenvalue weighted by Gasteiger charge is -2.29. The summed E-state index contributed by atoms with van der Waals surface area (Å²) in [6, 6.07) is 7.95. The van der Waals surface area contributed by atoms with Crippen LogP contribution in [0.15, 0.2) is 24.3 Å². The summed E-state index contributed by atoms with van der Waals surface area (Å²) < 4.78 is 6.07. The quantitative estimate of drug-likeness (QED) is 0.828. The summed E-state index contributed by atoms with van der Waals surface area (Å²) in [4.78, 5) is 16.5. The fraction of sp³-hybridized carbons (Fsp3) is 0.500. The third-order valence-electron chi connectivity index (χ3n) is 5.76. The maximum atomic E-state index is 12.0. The van der Waals surface area contributed by atoms with Gasteiger partial charge in [-0.2, -0.15) is 0 Å². The van der Waals surface area contributed by atoms with Crippen LogP contribution in [-0.2, 0) is 12.8 Å². The van der Waals surface area contributed by atoms with Gasteiger partial charge in [-0.3, -0.25) is 0 Å². The van der Waals surface area contributed by atoms with Crippen LogP contribution >= 0.6 is 11.3 Å². The Morgan fingerprint density at radius 3 is 2.67 bits per heavy atom. The van der Waals surface area contributed by atoms with Crippen LogP contribution in [0.1, 0.15) is 47.5 Å². The molecule has 0 saturated carbocycles. The normalized spacial score (nSPS) is 21.8. The molecule has 0 radical (unpaired) electrons. The number of hydrogen-bond acceptors (Lipinski definition) is 4. The van der Waals surface area contributed by atoms with Gasteiger partial charge in [-0.15, -0.1) is 11.3 Å². The molecule has 4 rings (SSSR count). The monoisotopic (exact) mass is 385 g/mol. The van der Waals surface area contributed by atoms with Crippen molar-refractivity contribution in [2.24, 2.45) is 5.41 Å². The van der Waals surface area contributed by atoms with Gasteiger partial charge in [0.05, 0.1) is 5.56 Å². The van der Waals surface area contributed by atoms with Crippen LogP contribution in [0.3, 0.4) is 0 Å². The summed E-state index contributed by atoms with van der Waals surface area (Å²) in [7, 11) is 2.11. The van der Waals surface area contributed by atoms with Crippen LogP contribution < -0.4 is 4.74 Å². The van der Waals surface area contributed by atoms with E-state index < -0.39 is 5.97 Å². The average molecular weight is 386 g/mol. The van der Waals surface area contributed by atoms with Crippen LogP contribution in [-0.4, -0.2) is 42.2 Å². The minimum Gasteiger partial charge on any atom is -0.489 e. The Labute approximate surface area is 164 Å². The van der Waals surface area contributed by atoms with Crippen LogP contribution in [0.25, 0.3) is 10.4 Å². The minimum atomic E-state index is -0.811. The van der Waals surface area contributed by atoms with Crippen molar-refractivity contribution >= 4 is 17.3 Å². The number of hydrogen-bond donors (Lipinski definition) is 1. The predicted molar refractivity (Wildman–Crippen MR) is 109 cm³/mol. The Morgan fingerprint density at radius 1 is 1.30 bits per heavy atom.